The molecule has 0 saturated heterocycles. The van der Waals surface area contributed by atoms with Crippen molar-refractivity contribution in [2.75, 3.05) is 0 Å². The molecule has 0 aliphatic heterocycles. The Kier molecular flexibility index (Phi) is 2.22. The highest BCUT2D eigenvalue weighted by Crippen LogP contribution is 2.49. The SMILES string of the molecule is C=C[C@@H](O)C[C@H]1C[C@H]2CC[C@H]1C2. The average molecular weight is 166 g/mol. The summed E-state index contributed by atoms with van der Waals surface area (Å²) in [7, 11) is 0. The van der Waals surface area contributed by atoms with Crippen molar-refractivity contribution in [1.29, 1.82) is 0 Å². The molecule has 2 aliphatic rings. The Bertz CT molecular complexity index is 176. The van der Waals surface area contributed by atoms with E-state index < -0.39 is 0 Å². The molecule has 0 amide bonds. The van der Waals surface area contributed by atoms with Crippen LogP contribution in [0.15, 0.2) is 12.7 Å². The maximum absolute atomic E-state index is 9.43. The second-order valence-corrected chi connectivity index (χ2v) is 4.47. The number of hydrogen-bond donors (Lipinski definition) is 1. The lowest BCUT2D eigenvalue weighted by Crippen LogP contribution is -2.16. The van der Waals surface area contributed by atoms with E-state index in [0.717, 1.165) is 24.2 Å². The number of fused-ring (bicyclic) bond motifs is 2. The lowest BCUT2D eigenvalue weighted by atomic mass is 9.85. The van der Waals surface area contributed by atoms with Crippen LogP contribution in [0.1, 0.15) is 32.1 Å². The maximum Gasteiger partial charge on any atom is 0.0721 e. The fourth-order valence-corrected chi connectivity index (χ4v) is 3.07. The molecule has 1 heteroatoms. The molecule has 2 saturated carbocycles. The molecule has 68 valence electrons. The smallest absolute Gasteiger partial charge is 0.0721 e. The zero-order valence-electron chi connectivity index (χ0n) is 7.58. The number of rotatable bonds is 3. The summed E-state index contributed by atoms with van der Waals surface area (Å²) in [6.07, 6.45) is 8.06. The van der Waals surface area contributed by atoms with Crippen molar-refractivity contribution in [3.05, 3.63) is 12.7 Å². The normalized spacial score (nSPS) is 41.6. The Morgan fingerprint density at radius 2 is 2.25 bits per heavy atom. The fourth-order valence-electron chi connectivity index (χ4n) is 3.07. The van der Waals surface area contributed by atoms with E-state index in [2.05, 4.69) is 6.58 Å². The molecule has 0 aromatic rings. The van der Waals surface area contributed by atoms with Gasteiger partial charge in [0.2, 0.25) is 0 Å². The molecule has 1 N–H and O–H groups in total. The number of aliphatic hydroxyl groups excluding tert-OH is 1. The fraction of sp³-hybridized carbons (Fsp3) is 0.818. The summed E-state index contributed by atoms with van der Waals surface area (Å²) >= 11 is 0. The second-order valence-electron chi connectivity index (χ2n) is 4.47. The zero-order chi connectivity index (χ0) is 8.55. The van der Waals surface area contributed by atoms with E-state index in [4.69, 9.17) is 0 Å². The van der Waals surface area contributed by atoms with E-state index in [9.17, 15) is 5.11 Å². The van der Waals surface area contributed by atoms with Crippen LogP contribution >= 0.6 is 0 Å². The first-order valence-corrected chi connectivity index (χ1v) is 5.10. The highest BCUT2D eigenvalue weighted by Gasteiger charge is 2.39. The summed E-state index contributed by atoms with van der Waals surface area (Å²) in [6, 6.07) is 0. The number of hydrogen-bond acceptors (Lipinski definition) is 1. The van der Waals surface area contributed by atoms with Crippen molar-refractivity contribution >= 4 is 0 Å². The van der Waals surface area contributed by atoms with Crippen LogP contribution in [0.4, 0.5) is 0 Å². The van der Waals surface area contributed by atoms with Crippen LogP contribution in [0.3, 0.4) is 0 Å². The van der Waals surface area contributed by atoms with Gasteiger partial charge in [-0.2, -0.15) is 0 Å². The maximum atomic E-state index is 9.43. The van der Waals surface area contributed by atoms with Crippen LogP contribution in [0, 0.1) is 17.8 Å². The molecule has 2 rings (SSSR count). The molecule has 2 aliphatic carbocycles. The topological polar surface area (TPSA) is 20.2 Å². The van der Waals surface area contributed by atoms with Crippen molar-refractivity contribution in [2.45, 2.75) is 38.2 Å². The molecule has 2 fully saturated rings. The van der Waals surface area contributed by atoms with Crippen molar-refractivity contribution < 1.29 is 5.11 Å². The third kappa shape index (κ3) is 1.42. The monoisotopic (exact) mass is 166 g/mol. The van der Waals surface area contributed by atoms with E-state index in [1.54, 1.807) is 6.08 Å². The molecule has 4 atom stereocenters. The second kappa shape index (κ2) is 3.21. The minimum atomic E-state index is -0.255. The van der Waals surface area contributed by atoms with Gasteiger partial charge >= 0.3 is 0 Å². The third-order valence-electron chi connectivity index (χ3n) is 3.70. The summed E-state index contributed by atoms with van der Waals surface area (Å²) in [5.41, 5.74) is 0. The molecular weight excluding hydrogens is 148 g/mol. The standard InChI is InChI=1S/C11H18O/c1-2-11(12)7-10-6-8-3-4-9(10)5-8/h2,8-12H,1,3-7H2/t8-,9-,10+,11+/m0/s1. The third-order valence-corrected chi connectivity index (χ3v) is 3.70. The highest BCUT2D eigenvalue weighted by atomic mass is 16.3. The van der Waals surface area contributed by atoms with Crippen LogP contribution in [0.25, 0.3) is 0 Å². The van der Waals surface area contributed by atoms with E-state index in [0.29, 0.717) is 0 Å². The molecule has 0 radical (unpaired) electrons. The van der Waals surface area contributed by atoms with Crippen molar-refractivity contribution in [1.82, 2.24) is 0 Å². The van der Waals surface area contributed by atoms with Crippen LogP contribution in [-0.4, -0.2) is 11.2 Å². The summed E-state index contributed by atoms with van der Waals surface area (Å²) in [6.45, 7) is 3.61. The van der Waals surface area contributed by atoms with Crippen molar-refractivity contribution in [3.63, 3.8) is 0 Å². The van der Waals surface area contributed by atoms with Gasteiger partial charge in [0.15, 0.2) is 0 Å². The van der Waals surface area contributed by atoms with Gasteiger partial charge in [-0.25, -0.2) is 0 Å². The van der Waals surface area contributed by atoms with E-state index >= 15 is 0 Å². The first kappa shape index (κ1) is 8.31. The van der Waals surface area contributed by atoms with E-state index in [-0.39, 0.29) is 6.10 Å². The minimum Gasteiger partial charge on any atom is -0.389 e. The van der Waals surface area contributed by atoms with Crippen molar-refractivity contribution in [3.8, 4) is 0 Å². The van der Waals surface area contributed by atoms with Gasteiger partial charge in [-0.1, -0.05) is 12.5 Å². The van der Waals surface area contributed by atoms with Gasteiger partial charge in [0.25, 0.3) is 0 Å². The molecule has 0 heterocycles. The van der Waals surface area contributed by atoms with Crippen LogP contribution in [-0.2, 0) is 0 Å². The van der Waals surface area contributed by atoms with Gasteiger partial charge in [-0.15, -0.1) is 6.58 Å². The highest BCUT2D eigenvalue weighted by molar-refractivity contribution is 4.92. The lowest BCUT2D eigenvalue weighted by molar-refractivity contribution is 0.163. The van der Waals surface area contributed by atoms with Gasteiger partial charge in [-0.05, 0) is 43.4 Å². The predicted molar refractivity (Wildman–Crippen MR) is 49.8 cm³/mol. The molecule has 12 heavy (non-hydrogen) atoms. The summed E-state index contributed by atoms with van der Waals surface area (Å²) in [5.74, 6) is 2.73. The summed E-state index contributed by atoms with van der Waals surface area (Å²) in [4.78, 5) is 0. The average Bonchev–Trinajstić information content (AvgIpc) is 2.64. The number of aliphatic hydroxyl groups is 1. The molecular formula is C11H18O. The largest absolute Gasteiger partial charge is 0.389 e. The quantitative estimate of drug-likeness (QED) is 0.638. The zero-order valence-corrected chi connectivity index (χ0v) is 7.58. The predicted octanol–water partition coefficient (Wildman–Crippen LogP) is 2.36. The summed E-state index contributed by atoms with van der Waals surface area (Å²) < 4.78 is 0. The first-order chi connectivity index (χ1) is 5.79. The first-order valence-electron chi connectivity index (χ1n) is 5.10. The Morgan fingerprint density at radius 3 is 2.75 bits per heavy atom. The van der Waals surface area contributed by atoms with Gasteiger partial charge in [0.05, 0.1) is 6.10 Å². The molecule has 0 spiro atoms. The minimum absolute atomic E-state index is 0.255. The molecule has 0 aromatic heterocycles. The van der Waals surface area contributed by atoms with Crippen LogP contribution in [0.5, 0.6) is 0 Å². The van der Waals surface area contributed by atoms with E-state index in [1.165, 1.54) is 25.7 Å². The van der Waals surface area contributed by atoms with Gasteiger partial charge in [0.1, 0.15) is 0 Å². The van der Waals surface area contributed by atoms with Crippen molar-refractivity contribution in [2.24, 2.45) is 17.8 Å². The Hall–Kier alpha value is -0.300. The molecule has 1 nitrogen and oxygen atoms in total. The van der Waals surface area contributed by atoms with Gasteiger partial charge in [0, 0.05) is 0 Å². The Labute approximate surface area is 74.5 Å². The lowest BCUT2D eigenvalue weighted by Gasteiger charge is -2.22. The van der Waals surface area contributed by atoms with Gasteiger partial charge < -0.3 is 5.11 Å². The Morgan fingerprint density at radius 1 is 1.42 bits per heavy atom. The van der Waals surface area contributed by atoms with Crippen LogP contribution in [0.2, 0.25) is 0 Å². The summed E-state index contributed by atoms with van der Waals surface area (Å²) in [5, 5.41) is 9.43. The molecule has 0 unspecified atom stereocenters. The van der Waals surface area contributed by atoms with E-state index in [1.807, 2.05) is 0 Å². The van der Waals surface area contributed by atoms with Gasteiger partial charge in [-0.3, -0.25) is 0 Å². The van der Waals surface area contributed by atoms with Crippen LogP contribution < -0.4 is 0 Å². The molecule has 0 aromatic carbocycles. The molecule has 2 bridgehead atoms. The Balaban J connectivity index is 1.86.